The summed E-state index contributed by atoms with van der Waals surface area (Å²) in [5.74, 6) is 2.77. The van der Waals surface area contributed by atoms with Crippen LogP contribution in [-0.2, 0) is 0 Å². The van der Waals surface area contributed by atoms with E-state index in [0.717, 1.165) is 18.7 Å². The Kier molecular flexibility index (Phi) is 5.19. The molecule has 0 unspecified atom stereocenters. The number of nitrogen functional groups attached to an aromatic ring is 1. The highest BCUT2D eigenvalue weighted by molar-refractivity contribution is 5.33. The van der Waals surface area contributed by atoms with Crippen molar-refractivity contribution in [2.45, 2.75) is 46.5 Å². The molecule has 0 spiro atoms. The summed E-state index contributed by atoms with van der Waals surface area (Å²) in [4.78, 5) is 8.51. The molecule has 0 bridgehead atoms. The third-order valence-corrected chi connectivity index (χ3v) is 2.43. The number of anilines is 1. The van der Waals surface area contributed by atoms with Crippen LogP contribution in [0.4, 0.5) is 5.82 Å². The van der Waals surface area contributed by atoms with Crippen LogP contribution in [0.25, 0.3) is 0 Å². The molecule has 1 rings (SSSR count). The molecule has 0 aliphatic carbocycles. The molecule has 0 aliphatic rings. The number of ether oxygens (including phenoxy) is 1. The van der Waals surface area contributed by atoms with E-state index < -0.39 is 0 Å². The summed E-state index contributed by atoms with van der Waals surface area (Å²) in [6, 6.07) is 1.68. The molecular formula is C13H23N3O. The summed E-state index contributed by atoms with van der Waals surface area (Å²) in [5.41, 5.74) is 5.72. The lowest BCUT2D eigenvalue weighted by atomic mass is 10.1. The fourth-order valence-electron chi connectivity index (χ4n) is 1.46. The van der Waals surface area contributed by atoms with Crippen LogP contribution in [0.3, 0.4) is 0 Å². The minimum atomic E-state index is 0.261. The third-order valence-electron chi connectivity index (χ3n) is 2.43. The lowest BCUT2D eigenvalue weighted by molar-refractivity contribution is 0.285. The average Bonchev–Trinajstić information content (AvgIpc) is 2.23. The molecule has 2 N–H and O–H groups in total. The maximum Gasteiger partial charge on any atom is 0.218 e. The molecule has 0 fully saturated rings. The summed E-state index contributed by atoms with van der Waals surface area (Å²) >= 11 is 0. The van der Waals surface area contributed by atoms with Crippen molar-refractivity contribution in [1.82, 2.24) is 9.97 Å². The van der Waals surface area contributed by atoms with Gasteiger partial charge in [0.05, 0.1) is 6.61 Å². The number of hydrogen-bond donors (Lipinski definition) is 1. The van der Waals surface area contributed by atoms with Gasteiger partial charge in [-0.2, -0.15) is 4.98 Å². The van der Waals surface area contributed by atoms with Crippen molar-refractivity contribution >= 4 is 5.82 Å². The van der Waals surface area contributed by atoms with Crippen LogP contribution < -0.4 is 10.5 Å². The highest BCUT2D eigenvalue weighted by Gasteiger charge is 2.07. The zero-order valence-corrected chi connectivity index (χ0v) is 11.2. The van der Waals surface area contributed by atoms with Gasteiger partial charge in [-0.1, -0.05) is 27.7 Å². The van der Waals surface area contributed by atoms with E-state index in [2.05, 4.69) is 23.8 Å². The zero-order chi connectivity index (χ0) is 12.8. The first kappa shape index (κ1) is 13.7. The number of hydrogen-bond acceptors (Lipinski definition) is 4. The highest BCUT2D eigenvalue weighted by atomic mass is 16.5. The Morgan fingerprint density at radius 3 is 2.53 bits per heavy atom. The molecule has 0 aliphatic heterocycles. The number of nitrogens with two attached hydrogens (primary N) is 1. The second kappa shape index (κ2) is 6.42. The maximum atomic E-state index is 5.72. The van der Waals surface area contributed by atoms with Crippen molar-refractivity contribution in [2.75, 3.05) is 12.3 Å². The first-order valence-corrected chi connectivity index (χ1v) is 6.26. The van der Waals surface area contributed by atoms with Crippen LogP contribution in [0.5, 0.6) is 5.88 Å². The summed E-state index contributed by atoms with van der Waals surface area (Å²) in [6.07, 6.45) is 2.20. The van der Waals surface area contributed by atoms with Gasteiger partial charge in [-0.15, -0.1) is 0 Å². The fraction of sp³-hybridized carbons (Fsp3) is 0.692. The van der Waals surface area contributed by atoms with Crippen LogP contribution in [0.1, 0.15) is 52.3 Å². The fourth-order valence-corrected chi connectivity index (χ4v) is 1.46. The molecule has 4 nitrogen and oxygen atoms in total. The second-order valence-corrected chi connectivity index (χ2v) is 5.03. The Morgan fingerprint density at radius 2 is 1.94 bits per heavy atom. The first-order valence-electron chi connectivity index (χ1n) is 6.26. The van der Waals surface area contributed by atoms with Crippen LogP contribution >= 0.6 is 0 Å². The van der Waals surface area contributed by atoms with Crippen molar-refractivity contribution in [2.24, 2.45) is 5.92 Å². The third kappa shape index (κ3) is 5.02. The van der Waals surface area contributed by atoms with Gasteiger partial charge in [0.1, 0.15) is 11.6 Å². The zero-order valence-electron chi connectivity index (χ0n) is 11.2. The van der Waals surface area contributed by atoms with E-state index in [-0.39, 0.29) is 5.92 Å². The van der Waals surface area contributed by atoms with E-state index in [9.17, 15) is 0 Å². The second-order valence-electron chi connectivity index (χ2n) is 5.03. The first-order chi connectivity index (χ1) is 7.99. The maximum absolute atomic E-state index is 5.72. The van der Waals surface area contributed by atoms with Gasteiger partial charge in [0.2, 0.25) is 5.88 Å². The van der Waals surface area contributed by atoms with Crippen molar-refractivity contribution in [1.29, 1.82) is 0 Å². The Hall–Kier alpha value is -1.32. The predicted molar refractivity (Wildman–Crippen MR) is 70.1 cm³/mol. The molecule has 0 radical (unpaired) electrons. The minimum Gasteiger partial charge on any atom is -0.478 e. The van der Waals surface area contributed by atoms with Gasteiger partial charge in [-0.05, 0) is 18.8 Å². The van der Waals surface area contributed by atoms with Gasteiger partial charge in [-0.25, -0.2) is 4.98 Å². The quantitative estimate of drug-likeness (QED) is 0.773. The van der Waals surface area contributed by atoms with E-state index in [1.165, 1.54) is 0 Å². The van der Waals surface area contributed by atoms with Gasteiger partial charge in [0, 0.05) is 12.0 Å². The van der Waals surface area contributed by atoms with E-state index in [1.807, 2.05) is 13.8 Å². The number of rotatable bonds is 6. The predicted octanol–water partition coefficient (Wildman–Crippen LogP) is 3.00. The molecule has 0 amide bonds. The van der Waals surface area contributed by atoms with Gasteiger partial charge in [0.25, 0.3) is 0 Å². The Bertz CT molecular complexity index is 351. The lowest BCUT2D eigenvalue weighted by Gasteiger charge is -2.10. The smallest absolute Gasteiger partial charge is 0.218 e. The average molecular weight is 237 g/mol. The van der Waals surface area contributed by atoms with Crippen molar-refractivity contribution in [3.8, 4) is 5.88 Å². The summed E-state index contributed by atoms with van der Waals surface area (Å²) in [5, 5.41) is 0. The minimum absolute atomic E-state index is 0.261. The molecule has 17 heavy (non-hydrogen) atoms. The summed E-state index contributed by atoms with van der Waals surface area (Å²) < 4.78 is 5.60. The molecule has 96 valence electrons. The van der Waals surface area contributed by atoms with Gasteiger partial charge < -0.3 is 10.5 Å². The van der Waals surface area contributed by atoms with Crippen LogP contribution in [0.2, 0.25) is 0 Å². The SMILES string of the molecule is CC(C)CCCOc1cc(N)nc(C(C)C)n1. The van der Waals surface area contributed by atoms with Gasteiger partial charge >= 0.3 is 0 Å². The van der Waals surface area contributed by atoms with E-state index >= 15 is 0 Å². The van der Waals surface area contributed by atoms with Crippen LogP contribution in [0, 0.1) is 5.92 Å². The monoisotopic (exact) mass is 237 g/mol. The van der Waals surface area contributed by atoms with E-state index in [4.69, 9.17) is 10.5 Å². The Labute approximate surface area is 104 Å². The molecule has 1 aromatic heterocycles. The van der Waals surface area contributed by atoms with Crippen LogP contribution in [-0.4, -0.2) is 16.6 Å². The molecule has 0 saturated heterocycles. The lowest BCUT2D eigenvalue weighted by Crippen LogP contribution is -2.06. The standard InChI is InChI=1S/C13H23N3O/c1-9(2)6-5-7-17-12-8-11(14)15-13(16-12)10(3)4/h8-10H,5-7H2,1-4H3,(H2,14,15,16). The molecule has 1 aromatic rings. The van der Waals surface area contributed by atoms with Gasteiger partial charge in [-0.3, -0.25) is 0 Å². The van der Waals surface area contributed by atoms with E-state index in [0.29, 0.717) is 24.2 Å². The number of aromatic nitrogens is 2. The molecule has 1 heterocycles. The van der Waals surface area contributed by atoms with Crippen LogP contribution in [0.15, 0.2) is 6.07 Å². The van der Waals surface area contributed by atoms with Gasteiger partial charge in [0.15, 0.2) is 0 Å². The van der Waals surface area contributed by atoms with Crippen molar-refractivity contribution < 1.29 is 4.74 Å². The molecule has 0 atom stereocenters. The summed E-state index contributed by atoms with van der Waals surface area (Å²) in [7, 11) is 0. The Morgan fingerprint density at radius 1 is 1.24 bits per heavy atom. The largest absolute Gasteiger partial charge is 0.478 e. The molecule has 4 heteroatoms. The highest BCUT2D eigenvalue weighted by Crippen LogP contribution is 2.17. The van der Waals surface area contributed by atoms with E-state index in [1.54, 1.807) is 6.07 Å². The summed E-state index contributed by atoms with van der Waals surface area (Å²) in [6.45, 7) is 9.18. The number of nitrogens with zero attached hydrogens (tertiary/aromatic N) is 2. The molecular weight excluding hydrogens is 214 g/mol. The Balaban J connectivity index is 2.53. The topological polar surface area (TPSA) is 61.0 Å². The molecule has 0 aromatic carbocycles. The molecule has 0 saturated carbocycles. The van der Waals surface area contributed by atoms with Crippen molar-refractivity contribution in [3.63, 3.8) is 0 Å². The normalized spacial score (nSPS) is 11.2. The van der Waals surface area contributed by atoms with Crippen molar-refractivity contribution in [3.05, 3.63) is 11.9 Å².